The number of alkyl halides is 3. The van der Waals surface area contributed by atoms with Crippen LogP contribution in [0.5, 0.6) is 0 Å². The Morgan fingerprint density at radius 3 is 2.00 bits per heavy atom. The summed E-state index contributed by atoms with van der Waals surface area (Å²) in [5.41, 5.74) is -0.324. The maximum atomic E-state index is 13.3. The molecule has 3 aromatic heterocycles. The Labute approximate surface area is 144 Å². The summed E-state index contributed by atoms with van der Waals surface area (Å²) in [6.45, 7) is 0. The molecule has 8 nitrogen and oxygen atoms in total. The van der Waals surface area contributed by atoms with E-state index in [1.807, 2.05) is 0 Å². The smallest absolute Gasteiger partial charge is 0.337 e. The van der Waals surface area contributed by atoms with Crippen LogP contribution in [0.15, 0.2) is 24.8 Å². The highest BCUT2D eigenvalue weighted by Gasteiger charge is 2.38. The number of aryl methyl sites for hydroxylation is 2. The predicted molar refractivity (Wildman–Crippen MR) is 85.0 cm³/mol. The average molecular weight is 373 g/mol. The van der Waals surface area contributed by atoms with Crippen LogP contribution in [0.3, 0.4) is 0 Å². The molecule has 0 unspecified atom stereocenters. The Balaban J connectivity index is 2.01. The molecule has 132 valence electrons. The first-order valence-electron chi connectivity index (χ1n) is 6.88. The SMILES string of the molecule is Cn1cc(Nc2nc(Cl)c(C(F)(F)F)c(Nc3cnn(C)c3)n2)cn1. The third kappa shape index (κ3) is 3.82. The summed E-state index contributed by atoms with van der Waals surface area (Å²) < 4.78 is 42.9. The number of anilines is 4. The molecule has 0 aliphatic heterocycles. The Bertz CT molecular complexity index is 901. The van der Waals surface area contributed by atoms with Gasteiger partial charge in [0.05, 0.1) is 23.8 Å². The summed E-state index contributed by atoms with van der Waals surface area (Å²) in [5.74, 6) is -0.579. The number of aromatic nitrogens is 6. The molecular weight excluding hydrogens is 361 g/mol. The summed E-state index contributed by atoms with van der Waals surface area (Å²) in [6.07, 6.45) is 1.23. The quantitative estimate of drug-likeness (QED) is 0.684. The second-order valence-corrected chi connectivity index (χ2v) is 5.47. The van der Waals surface area contributed by atoms with Gasteiger partial charge < -0.3 is 10.6 Å². The molecule has 0 bridgehead atoms. The minimum absolute atomic E-state index is 0.0996. The molecule has 0 aliphatic carbocycles. The van der Waals surface area contributed by atoms with Gasteiger partial charge in [0, 0.05) is 26.5 Å². The molecule has 3 aromatic rings. The molecule has 0 aromatic carbocycles. The molecule has 2 N–H and O–H groups in total. The fourth-order valence-electron chi connectivity index (χ4n) is 2.07. The van der Waals surface area contributed by atoms with Crippen molar-refractivity contribution in [2.75, 3.05) is 10.6 Å². The monoisotopic (exact) mass is 372 g/mol. The van der Waals surface area contributed by atoms with E-state index in [9.17, 15) is 13.2 Å². The molecule has 25 heavy (non-hydrogen) atoms. The zero-order chi connectivity index (χ0) is 18.2. The lowest BCUT2D eigenvalue weighted by molar-refractivity contribution is -0.137. The van der Waals surface area contributed by atoms with Crippen molar-refractivity contribution in [1.29, 1.82) is 0 Å². The lowest BCUT2D eigenvalue weighted by Gasteiger charge is -2.15. The van der Waals surface area contributed by atoms with Crippen molar-refractivity contribution >= 4 is 34.7 Å². The lowest BCUT2D eigenvalue weighted by Crippen LogP contribution is -2.14. The Morgan fingerprint density at radius 2 is 1.52 bits per heavy atom. The Kier molecular flexibility index (Phi) is 4.25. The second-order valence-electron chi connectivity index (χ2n) is 5.11. The van der Waals surface area contributed by atoms with E-state index in [2.05, 4.69) is 30.8 Å². The van der Waals surface area contributed by atoms with Crippen LogP contribution in [0.4, 0.5) is 36.3 Å². The molecule has 0 saturated carbocycles. The van der Waals surface area contributed by atoms with Crippen LogP contribution in [0.2, 0.25) is 5.15 Å². The van der Waals surface area contributed by atoms with Gasteiger partial charge in [-0.1, -0.05) is 11.6 Å². The van der Waals surface area contributed by atoms with Crippen molar-refractivity contribution in [3.05, 3.63) is 35.5 Å². The molecule has 0 saturated heterocycles. The zero-order valence-corrected chi connectivity index (χ0v) is 13.8. The molecule has 0 fully saturated rings. The van der Waals surface area contributed by atoms with Crippen molar-refractivity contribution in [3.8, 4) is 0 Å². The molecule has 3 heterocycles. The summed E-state index contributed by atoms with van der Waals surface area (Å²) in [5, 5.41) is 12.4. The first-order chi connectivity index (χ1) is 11.7. The largest absolute Gasteiger partial charge is 0.422 e. The number of hydrogen-bond donors (Lipinski definition) is 2. The van der Waals surface area contributed by atoms with Crippen molar-refractivity contribution in [2.24, 2.45) is 14.1 Å². The van der Waals surface area contributed by atoms with Gasteiger partial charge in [-0.25, -0.2) is 4.98 Å². The van der Waals surface area contributed by atoms with E-state index < -0.39 is 22.7 Å². The molecule has 0 aliphatic rings. The second kappa shape index (κ2) is 6.24. The van der Waals surface area contributed by atoms with E-state index in [0.717, 1.165) is 0 Å². The highest BCUT2D eigenvalue weighted by Crippen LogP contribution is 2.39. The minimum Gasteiger partial charge on any atom is -0.337 e. The van der Waals surface area contributed by atoms with Crippen molar-refractivity contribution < 1.29 is 13.2 Å². The summed E-state index contributed by atoms with van der Waals surface area (Å²) in [4.78, 5) is 7.57. The van der Waals surface area contributed by atoms with Gasteiger partial charge in [0.2, 0.25) is 5.95 Å². The number of halogens is 4. The first-order valence-corrected chi connectivity index (χ1v) is 7.26. The summed E-state index contributed by atoms with van der Waals surface area (Å²) >= 11 is 5.77. The third-order valence-corrected chi connectivity index (χ3v) is 3.35. The minimum atomic E-state index is -4.73. The maximum Gasteiger partial charge on any atom is 0.422 e. The van der Waals surface area contributed by atoms with Gasteiger partial charge >= 0.3 is 6.18 Å². The predicted octanol–water partition coefficient (Wildman–Crippen LogP) is 3.10. The van der Waals surface area contributed by atoms with Gasteiger partial charge in [-0.3, -0.25) is 9.36 Å². The lowest BCUT2D eigenvalue weighted by atomic mass is 10.3. The van der Waals surface area contributed by atoms with E-state index in [1.54, 1.807) is 20.3 Å². The van der Waals surface area contributed by atoms with Gasteiger partial charge in [0.25, 0.3) is 0 Å². The van der Waals surface area contributed by atoms with Crippen molar-refractivity contribution in [2.45, 2.75) is 6.18 Å². The molecule has 0 radical (unpaired) electrons. The van der Waals surface area contributed by atoms with Crippen LogP contribution in [-0.2, 0) is 20.3 Å². The first kappa shape index (κ1) is 17.0. The molecule has 0 amide bonds. The average Bonchev–Trinajstić information content (AvgIpc) is 3.05. The number of hydrogen-bond acceptors (Lipinski definition) is 6. The van der Waals surface area contributed by atoms with Crippen LogP contribution >= 0.6 is 11.6 Å². The fourth-order valence-corrected chi connectivity index (χ4v) is 2.35. The normalized spacial score (nSPS) is 11.6. The number of nitrogens with zero attached hydrogens (tertiary/aromatic N) is 6. The van der Waals surface area contributed by atoms with E-state index in [-0.39, 0.29) is 5.95 Å². The highest BCUT2D eigenvalue weighted by atomic mass is 35.5. The van der Waals surface area contributed by atoms with Gasteiger partial charge in [-0.2, -0.15) is 28.4 Å². The van der Waals surface area contributed by atoms with Gasteiger partial charge in [-0.15, -0.1) is 0 Å². The zero-order valence-electron chi connectivity index (χ0n) is 13.0. The molecule has 0 atom stereocenters. The maximum absolute atomic E-state index is 13.3. The number of nitrogens with one attached hydrogen (secondary N) is 2. The third-order valence-electron chi connectivity index (χ3n) is 3.08. The highest BCUT2D eigenvalue weighted by molar-refractivity contribution is 6.30. The molecular formula is C13H12ClF3N8. The standard InChI is InChI=1S/C13H12ClF3N8/c1-24-5-7(3-18-24)20-11-9(13(15,16)17)10(14)22-12(23-11)21-8-4-19-25(2)6-8/h3-6H,1-2H3,(H2,20,21,22,23). The van der Waals surface area contributed by atoms with Gasteiger partial charge in [0.1, 0.15) is 16.5 Å². The topological polar surface area (TPSA) is 85.5 Å². The Morgan fingerprint density at radius 1 is 0.960 bits per heavy atom. The summed E-state index contributed by atoms with van der Waals surface area (Å²) in [7, 11) is 3.33. The van der Waals surface area contributed by atoms with Crippen LogP contribution in [0.25, 0.3) is 0 Å². The van der Waals surface area contributed by atoms with E-state index in [4.69, 9.17) is 11.6 Å². The molecule has 0 spiro atoms. The van der Waals surface area contributed by atoms with Crippen molar-refractivity contribution in [1.82, 2.24) is 29.5 Å². The summed E-state index contributed by atoms with van der Waals surface area (Å²) in [6, 6.07) is 0. The fraction of sp³-hybridized carbons (Fsp3) is 0.231. The van der Waals surface area contributed by atoms with E-state index >= 15 is 0 Å². The number of rotatable bonds is 4. The van der Waals surface area contributed by atoms with Gasteiger partial charge in [-0.05, 0) is 0 Å². The van der Waals surface area contributed by atoms with E-state index in [0.29, 0.717) is 11.4 Å². The van der Waals surface area contributed by atoms with Crippen LogP contribution in [-0.4, -0.2) is 29.5 Å². The van der Waals surface area contributed by atoms with Crippen LogP contribution in [0, 0.1) is 0 Å². The van der Waals surface area contributed by atoms with E-state index in [1.165, 1.54) is 28.0 Å². The van der Waals surface area contributed by atoms with Crippen LogP contribution in [0.1, 0.15) is 5.56 Å². The van der Waals surface area contributed by atoms with Crippen LogP contribution < -0.4 is 10.6 Å². The molecule has 3 rings (SSSR count). The van der Waals surface area contributed by atoms with Gasteiger partial charge in [0.15, 0.2) is 0 Å². The molecule has 12 heteroatoms. The van der Waals surface area contributed by atoms with Crippen molar-refractivity contribution in [3.63, 3.8) is 0 Å². The Hall–Kier alpha value is -2.82.